The number of halogens is 1. The summed E-state index contributed by atoms with van der Waals surface area (Å²) in [6.07, 6.45) is 1.03. The van der Waals surface area contributed by atoms with Crippen molar-refractivity contribution >= 4 is 23.5 Å². The molecule has 0 saturated heterocycles. The fourth-order valence-electron chi connectivity index (χ4n) is 2.86. The summed E-state index contributed by atoms with van der Waals surface area (Å²) in [7, 11) is 1.36. The van der Waals surface area contributed by atoms with Crippen LogP contribution in [0.2, 0.25) is 5.02 Å². The second-order valence-corrected chi connectivity index (χ2v) is 7.18. The van der Waals surface area contributed by atoms with E-state index in [4.69, 9.17) is 16.3 Å². The van der Waals surface area contributed by atoms with Gasteiger partial charge < -0.3 is 9.64 Å². The predicted octanol–water partition coefficient (Wildman–Crippen LogP) is 4.42. The number of nitrogens with zero attached hydrogens (tertiary/aromatic N) is 1. The van der Waals surface area contributed by atoms with E-state index in [0.717, 1.165) is 11.1 Å². The number of hydrogen-bond donors (Lipinski definition) is 0. The van der Waals surface area contributed by atoms with Gasteiger partial charge in [-0.2, -0.15) is 0 Å². The van der Waals surface area contributed by atoms with Crippen LogP contribution in [0.3, 0.4) is 0 Å². The molecule has 4 nitrogen and oxygen atoms in total. The van der Waals surface area contributed by atoms with E-state index in [0.29, 0.717) is 31.0 Å². The van der Waals surface area contributed by atoms with Crippen molar-refractivity contribution < 1.29 is 14.3 Å². The Kier molecular flexibility index (Phi) is 7.86. The summed E-state index contributed by atoms with van der Waals surface area (Å²) in [5, 5.41) is 0.611. The number of carbonyl (C=O) groups is 2. The smallest absolute Gasteiger partial charge is 0.310 e. The van der Waals surface area contributed by atoms with Gasteiger partial charge in [0.15, 0.2) is 0 Å². The number of benzene rings is 2. The molecule has 0 spiro atoms. The quantitative estimate of drug-likeness (QED) is 0.630. The van der Waals surface area contributed by atoms with Gasteiger partial charge in [0.05, 0.1) is 13.0 Å². The van der Waals surface area contributed by atoms with Crippen LogP contribution in [0.25, 0.3) is 0 Å². The summed E-state index contributed by atoms with van der Waals surface area (Å²) in [5.74, 6) is -0.738. The van der Waals surface area contributed by atoms with Crippen molar-refractivity contribution in [2.75, 3.05) is 13.7 Å². The van der Waals surface area contributed by atoms with Crippen LogP contribution in [-0.4, -0.2) is 30.4 Å². The summed E-state index contributed by atoms with van der Waals surface area (Å²) in [6, 6.07) is 15.6. The molecular weight excluding hydrogens is 362 g/mol. The molecule has 5 heteroatoms. The van der Waals surface area contributed by atoms with Crippen LogP contribution >= 0.6 is 11.6 Å². The van der Waals surface area contributed by atoms with Gasteiger partial charge in [0.25, 0.3) is 0 Å². The fourth-order valence-corrected chi connectivity index (χ4v) is 3.05. The SMILES string of the molecule is COC(=O)C(C)CN(Cc1ccccc1Cl)C(=O)CCc1ccc(C)cc1. The number of rotatable bonds is 8. The molecule has 144 valence electrons. The summed E-state index contributed by atoms with van der Waals surface area (Å²) >= 11 is 6.26. The Hall–Kier alpha value is -2.33. The van der Waals surface area contributed by atoms with Crippen LogP contribution in [0.1, 0.15) is 30.0 Å². The minimum absolute atomic E-state index is 0.00810. The second kappa shape index (κ2) is 10.1. The van der Waals surface area contributed by atoms with Crippen LogP contribution in [0, 0.1) is 12.8 Å². The maximum Gasteiger partial charge on any atom is 0.310 e. The Labute approximate surface area is 166 Å². The number of ether oxygens (including phenoxy) is 1. The highest BCUT2D eigenvalue weighted by molar-refractivity contribution is 6.31. The van der Waals surface area contributed by atoms with Crippen molar-refractivity contribution in [2.24, 2.45) is 5.92 Å². The molecule has 1 unspecified atom stereocenters. The monoisotopic (exact) mass is 387 g/mol. The van der Waals surface area contributed by atoms with Crippen LogP contribution in [-0.2, 0) is 27.3 Å². The number of esters is 1. The zero-order chi connectivity index (χ0) is 19.8. The summed E-state index contributed by atoms with van der Waals surface area (Å²) < 4.78 is 4.80. The molecule has 0 aliphatic carbocycles. The third-order valence-electron chi connectivity index (χ3n) is 4.52. The molecule has 0 aliphatic rings. The molecule has 0 saturated carbocycles. The Morgan fingerprint density at radius 1 is 1.11 bits per heavy atom. The highest BCUT2D eigenvalue weighted by atomic mass is 35.5. The molecule has 2 aromatic carbocycles. The Balaban J connectivity index is 2.09. The lowest BCUT2D eigenvalue weighted by molar-refractivity contribution is -0.146. The lowest BCUT2D eigenvalue weighted by Gasteiger charge is -2.26. The van der Waals surface area contributed by atoms with Gasteiger partial charge in [-0.1, -0.05) is 66.6 Å². The van der Waals surface area contributed by atoms with Gasteiger partial charge in [-0.05, 0) is 30.5 Å². The third-order valence-corrected chi connectivity index (χ3v) is 4.89. The minimum Gasteiger partial charge on any atom is -0.469 e. The first-order valence-corrected chi connectivity index (χ1v) is 9.43. The molecule has 0 radical (unpaired) electrons. The number of carbonyl (C=O) groups excluding carboxylic acids is 2. The fraction of sp³-hybridized carbons (Fsp3) is 0.364. The molecule has 0 heterocycles. The van der Waals surface area contributed by atoms with E-state index in [2.05, 4.69) is 0 Å². The Bertz CT molecular complexity index is 773. The molecule has 1 amide bonds. The number of hydrogen-bond acceptors (Lipinski definition) is 3. The van der Waals surface area contributed by atoms with Crippen molar-refractivity contribution in [2.45, 2.75) is 33.2 Å². The molecule has 0 fully saturated rings. The van der Waals surface area contributed by atoms with Gasteiger partial charge in [-0.25, -0.2) is 0 Å². The summed E-state index contributed by atoms with van der Waals surface area (Å²) in [5.41, 5.74) is 3.17. The highest BCUT2D eigenvalue weighted by Crippen LogP contribution is 2.19. The first-order chi connectivity index (χ1) is 12.9. The van der Waals surface area contributed by atoms with E-state index < -0.39 is 5.92 Å². The largest absolute Gasteiger partial charge is 0.469 e. The van der Waals surface area contributed by atoms with E-state index in [1.165, 1.54) is 12.7 Å². The molecule has 2 aromatic rings. The minimum atomic E-state index is -0.402. The molecule has 0 aromatic heterocycles. The highest BCUT2D eigenvalue weighted by Gasteiger charge is 2.22. The lowest BCUT2D eigenvalue weighted by Crippen LogP contribution is -2.37. The van der Waals surface area contributed by atoms with E-state index >= 15 is 0 Å². The molecule has 1 atom stereocenters. The Morgan fingerprint density at radius 2 is 1.78 bits per heavy atom. The zero-order valence-corrected chi connectivity index (χ0v) is 16.8. The summed E-state index contributed by atoms with van der Waals surface area (Å²) in [4.78, 5) is 26.4. The molecule has 0 bridgehead atoms. The van der Waals surface area contributed by atoms with Gasteiger partial charge >= 0.3 is 5.97 Å². The van der Waals surface area contributed by atoms with Crippen molar-refractivity contribution in [3.05, 3.63) is 70.2 Å². The average molecular weight is 388 g/mol. The molecule has 0 aliphatic heterocycles. The first-order valence-electron chi connectivity index (χ1n) is 9.05. The number of aryl methyl sites for hydroxylation is 2. The first kappa shape index (κ1) is 21.0. The average Bonchev–Trinajstić information content (AvgIpc) is 2.67. The van der Waals surface area contributed by atoms with E-state index in [1.54, 1.807) is 17.9 Å². The van der Waals surface area contributed by atoms with Crippen LogP contribution in [0.5, 0.6) is 0 Å². The number of amides is 1. The maximum absolute atomic E-state index is 12.9. The van der Waals surface area contributed by atoms with E-state index in [-0.39, 0.29) is 11.9 Å². The molecule has 2 rings (SSSR count). The predicted molar refractivity (Wildman–Crippen MR) is 108 cm³/mol. The van der Waals surface area contributed by atoms with Crippen molar-refractivity contribution in [1.82, 2.24) is 4.90 Å². The Morgan fingerprint density at radius 3 is 2.41 bits per heavy atom. The van der Waals surface area contributed by atoms with Crippen molar-refractivity contribution in [1.29, 1.82) is 0 Å². The van der Waals surface area contributed by atoms with Crippen LogP contribution < -0.4 is 0 Å². The van der Waals surface area contributed by atoms with E-state index in [9.17, 15) is 9.59 Å². The van der Waals surface area contributed by atoms with Gasteiger partial charge in [0.1, 0.15) is 0 Å². The molecule has 27 heavy (non-hydrogen) atoms. The zero-order valence-electron chi connectivity index (χ0n) is 16.1. The van der Waals surface area contributed by atoms with Crippen molar-refractivity contribution in [3.8, 4) is 0 Å². The van der Waals surface area contributed by atoms with Gasteiger partial charge in [-0.15, -0.1) is 0 Å². The standard InChI is InChI=1S/C22H26ClNO3/c1-16-8-10-18(11-9-16)12-13-21(25)24(14-17(2)22(26)27-3)15-19-6-4-5-7-20(19)23/h4-11,17H,12-15H2,1-3H3. The normalized spacial score (nSPS) is 11.7. The van der Waals surface area contributed by atoms with Gasteiger partial charge in [0, 0.05) is 24.5 Å². The second-order valence-electron chi connectivity index (χ2n) is 6.78. The van der Waals surface area contributed by atoms with Crippen LogP contribution in [0.15, 0.2) is 48.5 Å². The molecule has 0 N–H and O–H groups in total. The summed E-state index contributed by atoms with van der Waals surface area (Å²) in [6.45, 7) is 4.46. The lowest BCUT2D eigenvalue weighted by atomic mass is 10.1. The molecular formula is C22H26ClNO3. The van der Waals surface area contributed by atoms with E-state index in [1.807, 2.05) is 49.4 Å². The van der Waals surface area contributed by atoms with Crippen molar-refractivity contribution in [3.63, 3.8) is 0 Å². The third kappa shape index (κ3) is 6.40. The maximum atomic E-state index is 12.9. The van der Waals surface area contributed by atoms with Crippen LogP contribution in [0.4, 0.5) is 0 Å². The topological polar surface area (TPSA) is 46.6 Å². The van der Waals surface area contributed by atoms with Gasteiger partial charge in [0.2, 0.25) is 5.91 Å². The van der Waals surface area contributed by atoms with Gasteiger partial charge in [-0.3, -0.25) is 9.59 Å². The number of methoxy groups -OCH3 is 1.